The van der Waals surface area contributed by atoms with Crippen LogP contribution in [0.15, 0.2) is 34.0 Å². The minimum Gasteiger partial charge on any atom is -0.385 e. The Morgan fingerprint density at radius 1 is 1.16 bits per heavy atom. The number of sulfonamides is 1. The van der Waals surface area contributed by atoms with Crippen LogP contribution in [0.2, 0.25) is 0 Å². The molecule has 0 spiro atoms. The molecular formula is C21H30N4O6S. The monoisotopic (exact) mass is 466 g/mol. The van der Waals surface area contributed by atoms with E-state index in [0.29, 0.717) is 38.2 Å². The Morgan fingerprint density at radius 3 is 2.47 bits per heavy atom. The number of ether oxygens (including phenoxy) is 1. The van der Waals surface area contributed by atoms with Crippen LogP contribution in [0.4, 0.5) is 0 Å². The number of H-pyrrole nitrogens is 1. The van der Waals surface area contributed by atoms with Gasteiger partial charge in [-0.15, -0.1) is 0 Å². The summed E-state index contributed by atoms with van der Waals surface area (Å²) in [4.78, 5) is 41.1. The minimum atomic E-state index is -3.76. The maximum Gasteiger partial charge on any atom is 0.254 e. The van der Waals surface area contributed by atoms with Gasteiger partial charge in [0.15, 0.2) is 0 Å². The van der Waals surface area contributed by atoms with Crippen molar-refractivity contribution in [2.75, 3.05) is 46.9 Å². The molecule has 1 aromatic carbocycles. The van der Waals surface area contributed by atoms with Crippen LogP contribution < -0.4 is 10.9 Å². The van der Waals surface area contributed by atoms with Gasteiger partial charge in [-0.05, 0) is 24.6 Å². The van der Waals surface area contributed by atoms with E-state index in [0.717, 1.165) is 6.07 Å². The van der Waals surface area contributed by atoms with E-state index in [1.807, 2.05) is 0 Å². The first-order chi connectivity index (χ1) is 15.1. The summed E-state index contributed by atoms with van der Waals surface area (Å²) in [6, 6.07) is 5.36. The summed E-state index contributed by atoms with van der Waals surface area (Å²) in [5.41, 5.74) is -0.149. The first-order valence-corrected chi connectivity index (χ1v) is 11.8. The van der Waals surface area contributed by atoms with E-state index in [1.165, 1.54) is 34.5 Å². The summed E-state index contributed by atoms with van der Waals surface area (Å²) >= 11 is 0. The molecule has 10 nitrogen and oxygen atoms in total. The van der Waals surface area contributed by atoms with E-state index in [-0.39, 0.29) is 28.3 Å². The van der Waals surface area contributed by atoms with E-state index >= 15 is 0 Å². The van der Waals surface area contributed by atoms with Crippen molar-refractivity contribution in [1.82, 2.24) is 19.5 Å². The number of aromatic nitrogens is 1. The van der Waals surface area contributed by atoms with Crippen molar-refractivity contribution in [3.8, 4) is 0 Å². The van der Waals surface area contributed by atoms with E-state index < -0.39 is 21.5 Å². The number of carbonyl (C=O) groups excluding carboxylic acids is 2. The molecule has 32 heavy (non-hydrogen) atoms. The summed E-state index contributed by atoms with van der Waals surface area (Å²) in [5.74, 6) is -0.915. The van der Waals surface area contributed by atoms with Gasteiger partial charge in [0, 0.05) is 57.4 Å². The zero-order valence-corrected chi connectivity index (χ0v) is 19.6. The number of aromatic amines is 1. The number of methoxy groups -OCH3 is 1. The average Bonchev–Trinajstić information content (AvgIpc) is 2.75. The molecule has 2 amide bonds. The quantitative estimate of drug-likeness (QED) is 0.471. The fraction of sp³-hybridized carbons (Fsp3) is 0.476. The lowest BCUT2D eigenvalue weighted by molar-refractivity contribution is -0.121. The Hall–Kier alpha value is -2.76. The molecule has 1 aromatic heterocycles. The Balaban J connectivity index is 2.37. The third kappa shape index (κ3) is 5.93. The van der Waals surface area contributed by atoms with Crippen molar-refractivity contribution in [2.24, 2.45) is 0 Å². The number of fused-ring (bicyclic) bond motifs is 1. The van der Waals surface area contributed by atoms with Crippen LogP contribution in [0.3, 0.4) is 0 Å². The standard InChI is InChI=1S/C21H30N4O6S/c1-5-25(6-2)32(29,30)15-8-9-18-16(12-15)17(13-19(26)23-18)21(28)24(3)14-20(27)22-10-7-11-31-4/h8-9,12-13H,5-7,10-11,14H2,1-4H3,(H,22,27)(H,23,26). The molecule has 0 unspecified atom stereocenters. The van der Waals surface area contributed by atoms with Gasteiger partial charge in [0.1, 0.15) is 0 Å². The van der Waals surface area contributed by atoms with Crippen molar-refractivity contribution >= 4 is 32.7 Å². The Bertz CT molecular complexity index is 1120. The lowest BCUT2D eigenvalue weighted by atomic mass is 10.1. The van der Waals surface area contributed by atoms with E-state index in [1.54, 1.807) is 21.0 Å². The summed E-state index contributed by atoms with van der Waals surface area (Å²) in [5, 5.41) is 2.98. The van der Waals surface area contributed by atoms with Gasteiger partial charge in [-0.25, -0.2) is 8.42 Å². The number of nitrogens with zero attached hydrogens (tertiary/aromatic N) is 2. The summed E-state index contributed by atoms with van der Waals surface area (Å²) in [6.45, 7) is 4.79. The zero-order valence-electron chi connectivity index (χ0n) is 18.8. The van der Waals surface area contributed by atoms with Gasteiger partial charge in [0.2, 0.25) is 21.5 Å². The third-order valence-electron chi connectivity index (χ3n) is 4.96. The van der Waals surface area contributed by atoms with Gasteiger partial charge in [-0.3, -0.25) is 14.4 Å². The number of rotatable bonds is 11. The molecule has 176 valence electrons. The second-order valence-electron chi connectivity index (χ2n) is 7.20. The SMILES string of the molecule is CCN(CC)S(=O)(=O)c1ccc2[nH]c(=O)cc(C(=O)N(C)CC(=O)NCCCOC)c2c1. The third-order valence-corrected chi connectivity index (χ3v) is 7.01. The number of nitrogens with one attached hydrogen (secondary N) is 2. The van der Waals surface area contributed by atoms with Crippen LogP contribution in [0.25, 0.3) is 10.9 Å². The second kappa shape index (κ2) is 11.2. The number of pyridine rings is 1. The Morgan fingerprint density at radius 2 is 1.84 bits per heavy atom. The molecule has 0 fully saturated rings. The molecule has 1 heterocycles. The van der Waals surface area contributed by atoms with Gasteiger partial charge >= 0.3 is 0 Å². The van der Waals surface area contributed by atoms with Crippen molar-refractivity contribution in [3.05, 3.63) is 40.2 Å². The molecule has 2 rings (SSSR count). The maximum absolute atomic E-state index is 13.0. The van der Waals surface area contributed by atoms with Gasteiger partial charge in [0.25, 0.3) is 5.91 Å². The van der Waals surface area contributed by atoms with Crippen LogP contribution in [0.1, 0.15) is 30.6 Å². The molecule has 0 bridgehead atoms. The Kier molecular flexibility index (Phi) is 8.93. The highest BCUT2D eigenvalue weighted by Gasteiger charge is 2.24. The first kappa shape index (κ1) is 25.5. The largest absolute Gasteiger partial charge is 0.385 e. The van der Waals surface area contributed by atoms with Crippen molar-refractivity contribution in [2.45, 2.75) is 25.2 Å². The van der Waals surface area contributed by atoms with Gasteiger partial charge in [-0.1, -0.05) is 13.8 Å². The number of carbonyl (C=O) groups is 2. The fourth-order valence-corrected chi connectivity index (χ4v) is 4.76. The first-order valence-electron chi connectivity index (χ1n) is 10.3. The van der Waals surface area contributed by atoms with Crippen LogP contribution in [0, 0.1) is 0 Å². The molecule has 0 aliphatic carbocycles. The highest BCUT2D eigenvalue weighted by Crippen LogP contribution is 2.23. The number of benzene rings is 1. The van der Waals surface area contributed by atoms with E-state index in [2.05, 4.69) is 10.3 Å². The molecule has 0 aliphatic rings. The van der Waals surface area contributed by atoms with Crippen molar-refractivity contribution in [3.63, 3.8) is 0 Å². The van der Waals surface area contributed by atoms with Crippen LogP contribution in [-0.4, -0.2) is 81.4 Å². The van der Waals surface area contributed by atoms with Gasteiger partial charge < -0.3 is 19.9 Å². The number of hydrogen-bond donors (Lipinski definition) is 2. The summed E-state index contributed by atoms with van der Waals surface area (Å²) in [6.07, 6.45) is 0.641. The highest BCUT2D eigenvalue weighted by molar-refractivity contribution is 7.89. The molecule has 2 N–H and O–H groups in total. The smallest absolute Gasteiger partial charge is 0.254 e. The molecule has 0 atom stereocenters. The van der Waals surface area contributed by atoms with E-state index in [9.17, 15) is 22.8 Å². The van der Waals surface area contributed by atoms with Crippen molar-refractivity contribution < 1.29 is 22.7 Å². The lowest BCUT2D eigenvalue weighted by Gasteiger charge is -2.20. The lowest BCUT2D eigenvalue weighted by Crippen LogP contribution is -2.39. The number of hydrogen-bond acceptors (Lipinski definition) is 6. The second-order valence-corrected chi connectivity index (χ2v) is 9.14. The molecule has 0 saturated carbocycles. The zero-order chi connectivity index (χ0) is 23.9. The molecule has 11 heteroatoms. The van der Waals surface area contributed by atoms with Crippen LogP contribution in [-0.2, 0) is 19.6 Å². The summed E-state index contributed by atoms with van der Waals surface area (Å²) in [7, 11) is -0.744. The van der Waals surface area contributed by atoms with E-state index in [4.69, 9.17) is 4.74 Å². The summed E-state index contributed by atoms with van der Waals surface area (Å²) < 4.78 is 32.0. The molecule has 0 aliphatic heterocycles. The molecule has 0 saturated heterocycles. The van der Waals surface area contributed by atoms with Crippen LogP contribution >= 0.6 is 0 Å². The fourth-order valence-electron chi connectivity index (χ4n) is 3.28. The molecule has 0 radical (unpaired) electrons. The number of likely N-dealkylation sites (N-methyl/N-ethyl adjacent to an activating group) is 1. The van der Waals surface area contributed by atoms with Crippen molar-refractivity contribution in [1.29, 1.82) is 0 Å². The molecule has 2 aromatic rings. The average molecular weight is 467 g/mol. The van der Waals surface area contributed by atoms with Crippen LogP contribution in [0.5, 0.6) is 0 Å². The number of amides is 2. The van der Waals surface area contributed by atoms with Gasteiger partial charge in [0.05, 0.1) is 17.0 Å². The topological polar surface area (TPSA) is 129 Å². The normalized spacial score (nSPS) is 11.7. The predicted octanol–water partition coefficient (Wildman–Crippen LogP) is 0.783. The maximum atomic E-state index is 13.0. The predicted molar refractivity (Wildman–Crippen MR) is 121 cm³/mol. The molecular weight excluding hydrogens is 436 g/mol. The Labute approximate surface area is 187 Å². The highest BCUT2D eigenvalue weighted by atomic mass is 32.2. The van der Waals surface area contributed by atoms with Gasteiger partial charge in [-0.2, -0.15) is 4.31 Å². The minimum absolute atomic E-state index is 0.0216.